The largest absolute Gasteiger partial charge is 0.481 e. The van der Waals surface area contributed by atoms with Crippen LogP contribution in [0.3, 0.4) is 0 Å². The topological polar surface area (TPSA) is 95.5 Å². The highest BCUT2D eigenvalue weighted by Gasteiger charge is 2.28. The fraction of sp³-hybridized carbons (Fsp3) is 0.812. The molecule has 0 spiro atoms. The molecule has 0 aromatic rings. The van der Waals surface area contributed by atoms with Gasteiger partial charge in [-0.25, -0.2) is 0 Å². The van der Waals surface area contributed by atoms with Gasteiger partial charge in [-0.05, 0) is 18.8 Å². The zero-order valence-electron chi connectivity index (χ0n) is 14.0. The molecule has 1 atom stereocenters. The van der Waals surface area contributed by atoms with E-state index in [1.165, 1.54) is 6.42 Å². The van der Waals surface area contributed by atoms with Gasteiger partial charge in [0.1, 0.15) is 13.0 Å². The Morgan fingerprint density at radius 2 is 1.72 bits per heavy atom. The molecule has 1 aliphatic rings. The SMILES string of the molecule is O=C(O)CCC(CC1CCCCC1)NC(=O)CC(=O)NCC(F)(F)F. The maximum absolute atomic E-state index is 12.0. The number of carboxylic acids is 1. The molecule has 1 rings (SSSR count). The van der Waals surface area contributed by atoms with E-state index in [2.05, 4.69) is 5.32 Å². The van der Waals surface area contributed by atoms with Gasteiger partial charge in [-0.15, -0.1) is 0 Å². The molecule has 25 heavy (non-hydrogen) atoms. The van der Waals surface area contributed by atoms with Gasteiger partial charge in [-0.1, -0.05) is 32.1 Å². The summed E-state index contributed by atoms with van der Waals surface area (Å²) in [6.07, 6.45) is 0.928. The average molecular weight is 366 g/mol. The summed E-state index contributed by atoms with van der Waals surface area (Å²) in [6, 6.07) is -0.387. The Balaban J connectivity index is 2.46. The number of hydrogen-bond acceptors (Lipinski definition) is 3. The minimum atomic E-state index is -4.53. The summed E-state index contributed by atoms with van der Waals surface area (Å²) in [6.45, 7) is -1.48. The van der Waals surface area contributed by atoms with Crippen molar-refractivity contribution in [3.8, 4) is 0 Å². The van der Waals surface area contributed by atoms with Crippen LogP contribution in [0.2, 0.25) is 0 Å². The number of nitrogens with one attached hydrogen (secondary N) is 2. The van der Waals surface area contributed by atoms with E-state index in [0.29, 0.717) is 12.3 Å². The van der Waals surface area contributed by atoms with Crippen molar-refractivity contribution >= 4 is 17.8 Å². The fourth-order valence-electron chi connectivity index (χ4n) is 3.06. The predicted octanol–water partition coefficient (Wildman–Crippen LogP) is 2.38. The van der Waals surface area contributed by atoms with Crippen LogP contribution in [0.25, 0.3) is 0 Å². The molecule has 144 valence electrons. The molecule has 0 aromatic carbocycles. The summed E-state index contributed by atoms with van der Waals surface area (Å²) in [7, 11) is 0. The number of hydrogen-bond donors (Lipinski definition) is 3. The lowest BCUT2D eigenvalue weighted by Crippen LogP contribution is -2.41. The lowest BCUT2D eigenvalue weighted by Gasteiger charge is -2.27. The van der Waals surface area contributed by atoms with Crippen molar-refractivity contribution in [2.45, 2.75) is 70.0 Å². The third-order valence-electron chi connectivity index (χ3n) is 4.22. The van der Waals surface area contributed by atoms with Gasteiger partial charge in [-0.3, -0.25) is 14.4 Å². The first-order valence-electron chi connectivity index (χ1n) is 8.50. The van der Waals surface area contributed by atoms with Crippen LogP contribution in [-0.2, 0) is 14.4 Å². The summed E-state index contributed by atoms with van der Waals surface area (Å²) >= 11 is 0. The molecule has 9 heteroatoms. The number of halogens is 3. The van der Waals surface area contributed by atoms with Gasteiger partial charge in [0.15, 0.2) is 0 Å². The van der Waals surface area contributed by atoms with Crippen LogP contribution in [0.5, 0.6) is 0 Å². The van der Waals surface area contributed by atoms with Crippen molar-refractivity contribution < 1.29 is 32.7 Å². The van der Waals surface area contributed by atoms with Crippen molar-refractivity contribution in [2.75, 3.05) is 6.54 Å². The van der Waals surface area contributed by atoms with Gasteiger partial charge in [0.05, 0.1) is 0 Å². The van der Waals surface area contributed by atoms with E-state index in [-0.39, 0.29) is 18.9 Å². The molecule has 6 nitrogen and oxygen atoms in total. The van der Waals surface area contributed by atoms with Gasteiger partial charge in [0.25, 0.3) is 0 Å². The lowest BCUT2D eigenvalue weighted by molar-refractivity contribution is -0.141. The van der Waals surface area contributed by atoms with Gasteiger partial charge >= 0.3 is 12.1 Å². The Morgan fingerprint density at radius 3 is 2.28 bits per heavy atom. The number of amides is 2. The number of carbonyl (C=O) groups excluding carboxylic acids is 2. The van der Waals surface area contributed by atoms with E-state index in [9.17, 15) is 27.6 Å². The van der Waals surface area contributed by atoms with E-state index in [1.807, 2.05) is 0 Å². The Kier molecular flexibility index (Phi) is 8.71. The minimum Gasteiger partial charge on any atom is -0.481 e. The number of rotatable bonds is 9. The second-order valence-corrected chi connectivity index (χ2v) is 6.51. The van der Waals surface area contributed by atoms with Crippen LogP contribution in [0.1, 0.15) is 57.8 Å². The standard InChI is InChI=1S/C16H25F3N2O4/c17-16(18,19)10-20-13(22)9-14(23)21-12(6-7-15(24)25)8-11-4-2-1-3-5-11/h11-12H,1-10H2,(H,20,22)(H,21,23)(H,24,25). The lowest BCUT2D eigenvalue weighted by atomic mass is 9.84. The second-order valence-electron chi connectivity index (χ2n) is 6.51. The van der Waals surface area contributed by atoms with E-state index < -0.39 is 36.9 Å². The molecule has 1 unspecified atom stereocenters. The van der Waals surface area contributed by atoms with E-state index in [0.717, 1.165) is 25.7 Å². The Bertz CT molecular complexity index is 463. The Morgan fingerprint density at radius 1 is 1.08 bits per heavy atom. The van der Waals surface area contributed by atoms with Crippen LogP contribution in [-0.4, -0.2) is 41.7 Å². The van der Waals surface area contributed by atoms with E-state index >= 15 is 0 Å². The molecule has 2 amide bonds. The molecule has 0 heterocycles. The smallest absolute Gasteiger partial charge is 0.405 e. The highest BCUT2D eigenvalue weighted by atomic mass is 19.4. The molecule has 0 saturated heterocycles. The van der Waals surface area contributed by atoms with Crippen LogP contribution >= 0.6 is 0 Å². The number of aliphatic carboxylic acids is 1. The molecule has 0 radical (unpaired) electrons. The molecule has 0 aromatic heterocycles. The number of carboxylic acid groups (broad SMARTS) is 1. The predicted molar refractivity (Wildman–Crippen MR) is 83.7 cm³/mol. The number of carbonyl (C=O) groups is 3. The molecular weight excluding hydrogens is 341 g/mol. The molecule has 3 N–H and O–H groups in total. The quantitative estimate of drug-likeness (QED) is 0.546. The molecule has 1 fully saturated rings. The first-order valence-corrected chi connectivity index (χ1v) is 8.50. The maximum atomic E-state index is 12.0. The van der Waals surface area contributed by atoms with Crippen LogP contribution in [0, 0.1) is 5.92 Å². The fourth-order valence-corrected chi connectivity index (χ4v) is 3.06. The molecule has 0 bridgehead atoms. The van der Waals surface area contributed by atoms with Crippen molar-refractivity contribution in [3.05, 3.63) is 0 Å². The van der Waals surface area contributed by atoms with Crippen molar-refractivity contribution in [1.29, 1.82) is 0 Å². The molecule has 1 saturated carbocycles. The first kappa shape index (κ1) is 21.2. The highest BCUT2D eigenvalue weighted by molar-refractivity contribution is 5.96. The Labute approximate surface area is 144 Å². The molecular formula is C16H25F3N2O4. The van der Waals surface area contributed by atoms with Gasteiger partial charge in [0.2, 0.25) is 11.8 Å². The van der Waals surface area contributed by atoms with Gasteiger partial charge in [-0.2, -0.15) is 13.2 Å². The summed E-state index contributed by atoms with van der Waals surface area (Å²) < 4.78 is 36.1. The number of alkyl halides is 3. The van der Waals surface area contributed by atoms with Crippen molar-refractivity contribution in [3.63, 3.8) is 0 Å². The highest BCUT2D eigenvalue weighted by Crippen LogP contribution is 2.28. The van der Waals surface area contributed by atoms with E-state index in [4.69, 9.17) is 5.11 Å². The molecule has 1 aliphatic carbocycles. The third-order valence-corrected chi connectivity index (χ3v) is 4.22. The summed E-state index contributed by atoms with van der Waals surface area (Å²) in [4.78, 5) is 34.0. The zero-order chi connectivity index (χ0) is 18.9. The first-order chi connectivity index (χ1) is 11.7. The normalized spacial score (nSPS) is 16.9. The minimum absolute atomic E-state index is 0.113. The van der Waals surface area contributed by atoms with Crippen molar-refractivity contribution in [2.24, 2.45) is 5.92 Å². The summed E-state index contributed by atoms with van der Waals surface area (Å²) in [5.41, 5.74) is 0. The monoisotopic (exact) mass is 366 g/mol. The van der Waals surface area contributed by atoms with Crippen LogP contribution < -0.4 is 10.6 Å². The zero-order valence-corrected chi connectivity index (χ0v) is 14.0. The third kappa shape index (κ3) is 10.6. The maximum Gasteiger partial charge on any atom is 0.405 e. The molecule has 0 aliphatic heterocycles. The van der Waals surface area contributed by atoms with Crippen LogP contribution in [0.4, 0.5) is 13.2 Å². The summed E-state index contributed by atoms with van der Waals surface area (Å²) in [5.74, 6) is -2.28. The summed E-state index contributed by atoms with van der Waals surface area (Å²) in [5, 5.41) is 13.1. The van der Waals surface area contributed by atoms with Crippen molar-refractivity contribution in [1.82, 2.24) is 10.6 Å². The Hall–Kier alpha value is -1.80. The van der Waals surface area contributed by atoms with Gasteiger partial charge < -0.3 is 15.7 Å². The van der Waals surface area contributed by atoms with Gasteiger partial charge in [0, 0.05) is 12.5 Å². The van der Waals surface area contributed by atoms with Crippen LogP contribution in [0.15, 0.2) is 0 Å². The second kappa shape index (κ2) is 10.2. The average Bonchev–Trinajstić information content (AvgIpc) is 2.51. The van der Waals surface area contributed by atoms with E-state index in [1.54, 1.807) is 5.32 Å².